The van der Waals surface area contributed by atoms with Crippen LogP contribution in [0.2, 0.25) is 0 Å². The molecule has 1 aliphatic rings. The maximum Gasteiger partial charge on any atom is 0.0951 e. The lowest BCUT2D eigenvalue weighted by atomic mass is 9.90. The van der Waals surface area contributed by atoms with Gasteiger partial charge in [0.1, 0.15) is 0 Å². The summed E-state index contributed by atoms with van der Waals surface area (Å²) in [5, 5.41) is 3.53. The Balaban J connectivity index is 1.96. The number of ether oxygens (including phenoxy) is 1. The molecule has 1 unspecified atom stereocenters. The standard InChI is InChI=1S/C19H31NO/c1-15(2)20-13-19(18-12-8-7-9-16(18)3)21-14-17-10-5-4-6-11-17/h7-9,12,15,17,19-20H,4-6,10-11,13-14H2,1-3H3. The maximum atomic E-state index is 6.34. The van der Waals surface area contributed by atoms with E-state index in [1.54, 1.807) is 0 Å². The minimum atomic E-state index is 0.176. The molecule has 0 saturated heterocycles. The van der Waals surface area contributed by atoms with Crippen LogP contribution in [0.4, 0.5) is 0 Å². The smallest absolute Gasteiger partial charge is 0.0951 e. The molecule has 2 heteroatoms. The molecule has 1 aromatic rings. The largest absolute Gasteiger partial charge is 0.372 e. The van der Waals surface area contributed by atoms with Gasteiger partial charge in [-0.3, -0.25) is 0 Å². The highest BCUT2D eigenvalue weighted by atomic mass is 16.5. The van der Waals surface area contributed by atoms with Crippen molar-refractivity contribution in [1.29, 1.82) is 0 Å². The van der Waals surface area contributed by atoms with E-state index in [1.807, 2.05) is 0 Å². The number of benzene rings is 1. The molecule has 118 valence electrons. The average molecular weight is 289 g/mol. The summed E-state index contributed by atoms with van der Waals surface area (Å²) in [6, 6.07) is 9.11. The molecule has 2 rings (SSSR count). The van der Waals surface area contributed by atoms with Crippen LogP contribution in [-0.4, -0.2) is 19.2 Å². The molecule has 0 spiro atoms. The van der Waals surface area contributed by atoms with Crippen molar-refractivity contribution < 1.29 is 4.74 Å². The fourth-order valence-electron chi connectivity index (χ4n) is 3.16. The van der Waals surface area contributed by atoms with Crippen molar-refractivity contribution in [2.45, 2.75) is 65.0 Å². The van der Waals surface area contributed by atoms with Gasteiger partial charge in [-0.2, -0.15) is 0 Å². The number of aryl methyl sites for hydroxylation is 1. The predicted octanol–water partition coefficient (Wildman–Crippen LogP) is 4.63. The molecule has 0 heterocycles. The van der Waals surface area contributed by atoms with Gasteiger partial charge in [0.2, 0.25) is 0 Å². The Morgan fingerprint density at radius 2 is 1.86 bits per heavy atom. The van der Waals surface area contributed by atoms with Crippen LogP contribution in [0.1, 0.15) is 63.2 Å². The summed E-state index contributed by atoms with van der Waals surface area (Å²) in [7, 11) is 0. The molecule has 0 bridgehead atoms. The number of nitrogens with one attached hydrogen (secondary N) is 1. The molecule has 1 atom stereocenters. The molecule has 1 saturated carbocycles. The van der Waals surface area contributed by atoms with Crippen molar-refractivity contribution >= 4 is 0 Å². The molecule has 0 aromatic heterocycles. The number of hydrogen-bond acceptors (Lipinski definition) is 2. The van der Waals surface area contributed by atoms with Crippen molar-refractivity contribution in [1.82, 2.24) is 5.32 Å². The van der Waals surface area contributed by atoms with E-state index in [0.29, 0.717) is 6.04 Å². The van der Waals surface area contributed by atoms with Crippen molar-refractivity contribution in [3.8, 4) is 0 Å². The Morgan fingerprint density at radius 1 is 1.14 bits per heavy atom. The van der Waals surface area contributed by atoms with Crippen molar-refractivity contribution in [3.63, 3.8) is 0 Å². The van der Waals surface area contributed by atoms with Gasteiger partial charge >= 0.3 is 0 Å². The first kappa shape index (κ1) is 16.5. The summed E-state index contributed by atoms with van der Waals surface area (Å²) in [5.74, 6) is 0.768. The molecule has 1 aromatic carbocycles. The van der Waals surface area contributed by atoms with Crippen molar-refractivity contribution in [2.75, 3.05) is 13.2 Å². The summed E-state index contributed by atoms with van der Waals surface area (Å²) in [4.78, 5) is 0. The fourth-order valence-corrected chi connectivity index (χ4v) is 3.16. The van der Waals surface area contributed by atoms with Crippen LogP contribution < -0.4 is 5.32 Å². The van der Waals surface area contributed by atoms with Crippen LogP contribution in [0.3, 0.4) is 0 Å². The van der Waals surface area contributed by atoms with Crippen molar-refractivity contribution in [2.24, 2.45) is 5.92 Å². The summed E-state index contributed by atoms with van der Waals surface area (Å²) in [5.41, 5.74) is 2.66. The van der Waals surface area contributed by atoms with Crippen molar-refractivity contribution in [3.05, 3.63) is 35.4 Å². The van der Waals surface area contributed by atoms with Crippen LogP contribution in [0.5, 0.6) is 0 Å². The quantitative estimate of drug-likeness (QED) is 0.790. The highest BCUT2D eigenvalue weighted by molar-refractivity contribution is 5.28. The first-order valence-corrected chi connectivity index (χ1v) is 8.57. The molecule has 1 N–H and O–H groups in total. The highest BCUT2D eigenvalue weighted by Gasteiger charge is 2.19. The summed E-state index contributed by atoms with van der Waals surface area (Å²) in [6.45, 7) is 8.38. The third kappa shape index (κ3) is 5.44. The van der Waals surface area contributed by atoms with E-state index in [9.17, 15) is 0 Å². The second-order valence-electron chi connectivity index (χ2n) is 6.75. The Hall–Kier alpha value is -0.860. The SMILES string of the molecule is Cc1ccccc1C(CNC(C)C)OCC1CCCCC1. The molecule has 2 nitrogen and oxygen atoms in total. The monoisotopic (exact) mass is 289 g/mol. The van der Waals surface area contributed by atoms with Crippen LogP contribution in [0.25, 0.3) is 0 Å². The second kappa shape index (κ2) is 8.55. The first-order chi connectivity index (χ1) is 10.2. The van der Waals surface area contributed by atoms with E-state index >= 15 is 0 Å². The lowest BCUT2D eigenvalue weighted by molar-refractivity contribution is 0.0187. The molecule has 0 radical (unpaired) electrons. The zero-order valence-electron chi connectivity index (χ0n) is 13.9. The van der Waals surface area contributed by atoms with Gasteiger partial charge in [-0.1, -0.05) is 57.4 Å². The first-order valence-electron chi connectivity index (χ1n) is 8.57. The van der Waals surface area contributed by atoms with Gasteiger partial charge in [0.05, 0.1) is 12.7 Å². The molecule has 1 fully saturated rings. The normalized spacial score (nSPS) is 18.1. The van der Waals surface area contributed by atoms with E-state index in [-0.39, 0.29) is 6.10 Å². The third-order valence-corrected chi connectivity index (χ3v) is 4.50. The van der Waals surface area contributed by atoms with Gasteiger partial charge in [-0.15, -0.1) is 0 Å². The topological polar surface area (TPSA) is 21.3 Å². The van der Waals surface area contributed by atoms with E-state index in [4.69, 9.17) is 4.74 Å². The Morgan fingerprint density at radius 3 is 2.52 bits per heavy atom. The van der Waals surface area contributed by atoms with E-state index in [1.165, 1.54) is 43.2 Å². The van der Waals surface area contributed by atoms with Gasteiger partial charge in [0.25, 0.3) is 0 Å². The molecule has 0 aliphatic heterocycles. The number of hydrogen-bond donors (Lipinski definition) is 1. The molecule has 21 heavy (non-hydrogen) atoms. The molecular formula is C19H31NO. The summed E-state index contributed by atoms with van der Waals surface area (Å²) < 4.78 is 6.34. The zero-order valence-corrected chi connectivity index (χ0v) is 13.9. The van der Waals surface area contributed by atoms with Crippen LogP contribution >= 0.6 is 0 Å². The highest BCUT2D eigenvalue weighted by Crippen LogP contribution is 2.27. The molecule has 1 aliphatic carbocycles. The zero-order chi connectivity index (χ0) is 15.1. The lowest BCUT2D eigenvalue weighted by Crippen LogP contribution is -2.30. The number of rotatable bonds is 7. The minimum Gasteiger partial charge on any atom is -0.372 e. The van der Waals surface area contributed by atoms with Gasteiger partial charge in [-0.25, -0.2) is 0 Å². The Labute approximate surface area is 130 Å². The Bertz CT molecular complexity index is 410. The Kier molecular flexibility index (Phi) is 6.72. The summed E-state index contributed by atoms with van der Waals surface area (Å²) in [6.07, 6.45) is 7.04. The molecule has 0 amide bonds. The van der Waals surface area contributed by atoms with Gasteiger partial charge in [0.15, 0.2) is 0 Å². The van der Waals surface area contributed by atoms with Gasteiger partial charge in [-0.05, 0) is 36.8 Å². The maximum absolute atomic E-state index is 6.34. The van der Waals surface area contributed by atoms with Crippen LogP contribution in [-0.2, 0) is 4.74 Å². The minimum absolute atomic E-state index is 0.176. The van der Waals surface area contributed by atoms with Gasteiger partial charge < -0.3 is 10.1 Å². The van der Waals surface area contributed by atoms with Crippen LogP contribution in [0, 0.1) is 12.8 Å². The predicted molar refractivity (Wildman–Crippen MR) is 89.6 cm³/mol. The second-order valence-corrected chi connectivity index (χ2v) is 6.75. The molecular weight excluding hydrogens is 258 g/mol. The van der Waals surface area contributed by atoms with Gasteiger partial charge in [0, 0.05) is 12.6 Å². The van der Waals surface area contributed by atoms with Crippen LogP contribution in [0.15, 0.2) is 24.3 Å². The fraction of sp³-hybridized carbons (Fsp3) is 0.684. The third-order valence-electron chi connectivity index (χ3n) is 4.50. The lowest BCUT2D eigenvalue weighted by Gasteiger charge is -2.26. The summed E-state index contributed by atoms with van der Waals surface area (Å²) >= 11 is 0. The van der Waals surface area contributed by atoms with E-state index in [2.05, 4.69) is 50.4 Å². The van der Waals surface area contributed by atoms with E-state index in [0.717, 1.165) is 19.1 Å². The van der Waals surface area contributed by atoms with E-state index < -0.39 is 0 Å². The average Bonchev–Trinajstić information content (AvgIpc) is 2.49.